The van der Waals surface area contributed by atoms with Crippen molar-refractivity contribution < 1.29 is 15.0 Å². The molecule has 5 heterocycles. The van der Waals surface area contributed by atoms with Crippen LogP contribution in [-0.4, -0.2) is 104 Å². The van der Waals surface area contributed by atoms with Crippen LogP contribution in [0.4, 0.5) is 16.6 Å². The van der Waals surface area contributed by atoms with Crippen LogP contribution in [0.15, 0.2) is 91.4 Å². The van der Waals surface area contributed by atoms with Crippen molar-refractivity contribution in [3.05, 3.63) is 114 Å². The molecule has 5 atom stereocenters. The second-order valence-corrected chi connectivity index (χ2v) is 13.9. The van der Waals surface area contributed by atoms with Crippen molar-refractivity contribution in [2.24, 2.45) is 5.73 Å². The highest BCUT2D eigenvalue weighted by atomic mass is 35.5. The maximum Gasteiger partial charge on any atom is 0.315 e. The van der Waals surface area contributed by atoms with E-state index in [9.17, 15) is 15.0 Å². The number of nitrogens with zero attached hydrogens (tertiary/aromatic N) is 11. The molecule has 2 fully saturated rings. The van der Waals surface area contributed by atoms with Gasteiger partial charge in [0.1, 0.15) is 18.2 Å². The van der Waals surface area contributed by atoms with Crippen LogP contribution in [0, 0.1) is 0 Å². The van der Waals surface area contributed by atoms with Crippen LogP contribution >= 0.6 is 12.4 Å². The Kier molecular flexibility index (Phi) is 11.2. The van der Waals surface area contributed by atoms with Gasteiger partial charge in [-0.15, -0.1) is 22.6 Å². The lowest BCUT2D eigenvalue weighted by atomic mass is 9.91. The molecule has 6 aromatic rings. The zero-order valence-electron chi connectivity index (χ0n) is 30.3. The van der Waals surface area contributed by atoms with Crippen LogP contribution in [0.1, 0.15) is 60.4 Å². The number of primary amides is 1. The number of aromatic nitrogens is 9. The van der Waals surface area contributed by atoms with Crippen LogP contribution in [0.2, 0.25) is 0 Å². The first kappa shape index (κ1) is 37.6. The van der Waals surface area contributed by atoms with Crippen LogP contribution in [-0.2, 0) is 13.0 Å². The van der Waals surface area contributed by atoms with Gasteiger partial charge < -0.3 is 35.6 Å². The second-order valence-electron chi connectivity index (χ2n) is 13.9. The van der Waals surface area contributed by atoms with E-state index in [1.807, 2.05) is 71.0 Å². The lowest BCUT2D eigenvalue weighted by Crippen LogP contribution is -2.44. The van der Waals surface area contributed by atoms with Crippen molar-refractivity contribution in [3.63, 3.8) is 0 Å². The van der Waals surface area contributed by atoms with Crippen molar-refractivity contribution in [1.29, 1.82) is 0 Å². The highest BCUT2D eigenvalue weighted by Gasteiger charge is 2.45. The molecule has 0 bridgehead atoms. The quantitative estimate of drug-likeness (QED) is 0.142. The lowest BCUT2D eigenvalue weighted by Gasteiger charge is -2.27. The minimum absolute atomic E-state index is 0. The third-order valence-corrected chi connectivity index (χ3v) is 10.6. The predicted octanol–water partition coefficient (Wildman–Crippen LogP) is 3.50. The van der Waals surface area contributed by atoms with Crippen molar-refractivity contribution in [1.82, 2.24) is 49.6 Å². The number of imidazole rings is 1. The molecule has 1 aliphatic carbocycles. The number of benzene rings is 2. The molecule has 2 aromatic carbocycles. The fraction of sp³-hybridized carbons (Fsp3) is 0.368. The summed E-state index contributed by atoms with van der Waals surface area (Å²) in [6.07, 6.45) is 2.64. The minimum Gasteiger partial charge on any atom is -0.388 e. The summed E-state index contributed by atoms with van der Waals surface area (Å²) < 4.78 is 1.81. The number of urea groups is 1. The Morgan fingerprint density at radius 3 is 2.33 bits per heavy atom. The van der Waals surface area contributed by atoms with E-state index < -0.39 is 30.3 Å². The normalized spacial score (nSPS) is 20.9. The largest absolute Gasteiger partial charge is 0.388 e. The van der Waals surface area contributed by atoms with Gasteiger partial charge in [0.05, 0.1) is 30.6 Å². The first-order valence-corrected chi connectivity index (χ1v) is 18.3. The molecular formula is C38H44ClN13O3. The maximum absolute atomic E-state index is 12.7. The zero-order valence-corrected chi connectivity index (χ0v) is 31.1. The van der Waals surface area contributed by atoms with Crippen molar-refractivity contribution in [3.8, 4) is 0 Å². The molecule has 1 unspecified atom stereocenters. The molecule has 55 heavy (non-hydrogen) atoms. The van der Waals surface area contributed by atoms with E-state index in [4.69, 9.17) is 20.7 Å². The standard InChI is InChI=1S/C38H43N13O3.ClH/c1-2-31-45-47-51(46-31)30-19-29(33(52)34(30)53)50-23-42-32-35(41-20-28(24-11-5-3-6-12-24)25-13-7-4-8-14-25)43-38(44-36(32)50)48-18-16-27(22-48)49(37(39)54)21-26-15-9-10-17-40-26;/h3-15,17,23,27-30,33-34,52-53H,2,16,18-22H2,1H3,(H2,39,54)(H,41,43,44);1H/t27?,29-,30+,33+,34-;/m1./s1. The molecule has 1 aliphatic heterocycles. The van der Waals surface area contributed by atoms with Crippen molar-refractivity contribution >= 4 is 41.4 Å². The van der Waals surface area contributed by atoms with E-state index in [1.54, 1.807) is 17.4 Å². The molecule has 0 spiro atoms. The van der Waals surface area contributed by atoms with Gasteiger partial charge in [-0.1, -0.05) is 73.7 Å². The lowest BCUT2D eigenvalue weighted by molar-refractivity contribution is 0.00473. The number of aryl methyl sites for hydroxylation is 1. The van der Waals surface area contributed by atoms with Gasteiger partial charge in [-0.2, -0.15) is 14.8 Å². The van der Waals surface area contributed by atoms with Crippen LogP contribution in [0.3, 0.4) is 0 Å². The third-order valence-electron chi connectivity index (χ3n) is 10.6. The Morgan fingerprint density at radius 2 is 1.67 bits per heavy atom. The van der Waals surface area contributed by atoms with Crippen LogP contribution in [0.5, 0.6) is 0 Å². The Labute approximate surface area is 323 Å². The van der Waals surface area contributed by atoms with E-state index in [0.717, 1.165) is 16.8 Å². The number of carbonyl (C=O) groups is 1. The van der Waals surface area contributed by atoms with E-state index in [-0.39, 0.29) is 30.9 Å². The summed E-state index contributed by atoms with van der Waals surface area (Å²) in [5.74, 6) is 1.54. The molecule has 286 valence electrons. The predicted molar refractivity (Wildman–Crippen MR) is 208 cm³/mol. The number of anilines is 2. The van der Waals surface area contributed by atoms with Gasteiger partial charge in [0.15, 0.2) is 22.8 Å². The average Bonchev–Trinajstić information content (AvgIpc) is 4.02. The molecule has 16 nitrogen and oxygen atoms in total. The summed E-state index contributed by atoms with van der Waals surface area (Å²) in [5, 5.41) is 38.9. The number of rotatable bonds is 12. The first-order valence-electron chi connectivity index (χ1n) is 18.3. The highest BCUT2D eigenvalue weighted by Crippen LogP contribution is 2.40. The van der Waals surface area contributed by atoms with Gasteiger partial charge in [0.25, 0.3) is 0 Å². The summed E-state index contributed by atoms with van der Waals surface area (Å²) in [7, 11) is 0. The van der Waals surface area contributed by atoms with E-state index in [2.05, 4.69) is 50.0 Å². The number of aliphatic hydroxyl groups is 2. The number of amides is 2. The molecule has 17 heteroatoms. The maximum atomic E-state index is 12.7. The number of hydrogen-bond donors (Lipinski definition) is 4. The Hall–Kier alpha value is -5.71. The smallest absolute Gasteiger partial charge is 0.315 e. The molecule has 1 saturated heterocycles. The van der Waals surface area contributed by atoms with Gasteiger partial charge in [0.2, 0.25) is 5.95 Å². The average molecular weight is 766 g/mol. The van der Waals surface area contributed by atoms with Gasteiger partial charge in [-0.3, -0.25) is 4.98 Å². The van der Waals surface area contributed by atoms with Gasteiger partial charge in [-0.25, -0.2) is 9.78 Å². The Morgan fingerprint density at radius 1 is 0.964 bits per heavy atom. The van der Waals surface area contributed by atoms with Gasteiger partial charge in [0, 0.05) is 38.2 Å². The summed E-state index contributed by atoms with van der Waals surface area (Å²) in [4.78, 5) is 37.1. The van der Waals surface area contributed by atoms with Crippen molar-refractivity contribution in [2.75, 3.05) is 29.9 Å². The van der Waals surface area contributed by atoms with Crippen molar-refractivity contribution in [2.45, 2.75) is 69.0 Å². The summed E-state index contributed by atoms with van der Waals surface area (Å²) in [6, 6.07) is 24.3. The molecule has 4 aromatic heterocycles. The Bertz CT molecular complexity index is 2150. The number of carbonyl (C=O) groups excluding carboxylic acids is 1. The highest BCUT2D eigenvalue weighted by molar-refractivity contribution is 5.85. The number of fused-ring (bicyclic) bond motifs is 1. The molecular weight excluding hydrogens is 722 g/mol. The number of halogens is 1. The number of hydrogen-bond acceptors (Lipinski definition) is 12. The van der Waals surface area contributed by atoms with Gasteiger partial charge in [-0.05, 0) is 41.3 Å². The topological polar surface area (TPSA) is 202 Å². The third kappa shape index (κ3) is 7.65. The second kappa shape index (κ2) is 16.3. The minimum atomic E-state index is -1.15. The number of nitrogens with two attached hydrogens (primary N) is 1. The van der Waals surface area contributed by atoms with E-state index in [0.29, 0.717) is 67.7 Å². The summed E-state index contributed by atoms with van der Waals surface area (Å²) in [6.45, 7) is 3.77. The van der Waals surface area contributed by atoms with Gasteiger partial charge >= 0.3 is 6.03 Å². The monoisotopic (exact) mass is 765 g/mol. The van der Waals surface area contributed by atoms with E-state index in [1.165, 1.54) is 4.80 Å². The zero-order chi connectivity index (χ0) is 37.2. The summed E-state index contributed by atoms with van der Waals surface area (Å²) in [5.41, 5.74) is 9.98. The first-order chi connectivity index (χ1) is 26.4. The molecule has 2 aliphatic rings. The fourth-order valence-corrected chi connectivity index (χ4v) is 7.67. The molecule has 0 radical (unpaired) electrons. The molecule has 5 N–H and O–H groups in total. The van der Waals surface area contributed by atoms with E-state index >= 15 is 0 Å². The number of pyridine rings is 1. The number of aliphatic hydroxyl groups excluding tert-OH is 2. The summed E-state index contributed by atoms with van der Waals surface area (Å²) >= 11 is 0. The number of nitrogens with one attached hydrogen (secondary N) is 1. The molecule has 8 rings (SSSR count). The SMILES string of the molecule is CCc1nnn([C@H]2C[C@@H](n3cnc4c(NCC(c5ccccc5)c5ccccc5)nc(N5CCC(N(Cc6ccccn6)C(N)=O)C5)nc43)[C@H](O)[C@@H]2O)n1.Cl. The number of tetrazole rings is 1. The fourth-order valence-electron chi connectivity index (χ4n) is 7.67. The molecule has 2 amide bonds. The molecule has 1 saturated carbocycles. The van der Waals surface area contributed by atoms with Crippen LogP contribution in [0.25, 0.3) is 11.2 Å². The Balaban J connectivity index is 0.00000465. The van der Waals surface area contributed by atoms with Crippen LogP contribution < -0.4 is 16.0 Å².